The van der Waals surface area contributed by atoms with Gasteiger partial charge in [0.05, 0.1) is 17.8 Å². The van der Waals surface area contributed by atoms with Crippen molar-refractivity contribution in [2.45, 2.75) is 59.0 Å². The lowest BCUT2D eigenvalue weighted by molar-refractivity contribution is 0.0914. The van der Waals surface area contributed by atoms with Gasteiger partial charge in [0, 0.05) is 16.8 Å². The smallest absolute Gasteiger partial charge is 0.255 e. The molecule has 5 heteroatoms. The van der Waals surface area contributed by atoms with Gasteiger partial charge in [-0.25, -0.2) is 0 Å². The normalized spacial score (nSPS) is 25.0. The summed E-state index contributed by atoms with van der Waals surface area (Å²) in [6, 6.07) is 7.99. The maximum absolute atomic E-state index is 13.0. The predicted octanol–water partition coefficient (Wildman–Crippen LogP) is 4.76. The fraction of sp³-hybridized carbons (Fsp3) is 0.545. The van der Waals surface area contributed by atoms with E-state index < -0.39 is 0 Å². The third kappa shape index (κ3) is 3.52. The van der Waals surface area contributed by atoms with Crippen molar-refractivity contribution in [3.8, 4) is 0 Å². The zero-order valence-electron chi connectivity index (χ0n) is 16.3. The Morgan fingerprint density at radius 1 is 1.30 bits per heavy atom. The summed E-state index contributed by atoms with van der Waals surface area (Å²) in [7, 11) is 0. The Labute approximate surface area is 166 Å². The van der Waals surface area contributed by atoms with Gasteiger partial charge >= 0.3 is 0 Å². The van der Waals surface area contributed by atoms with E-state index in [1.807, 2.05) is 42.8 Å². The predicted molar refractivity (Wildman–Crippen MR) is 108 cm³/mol. The van der Waals surface area contributed by atoms with Crippen molar-refractivity contribution in [2.75, 3.05) is 0 Å². The van der Waals surface area contributed by atoms with E-state index in [0.717, 1.165) is 33.8 Å². The number of nitrogens with zero attached hydrogens (tertiary/aromatic N) is 2. The summed E-state index contributed by atoms with van der Waals surface area (Å²) in [5.41, 5.74) is 3.38. The second kappa shape index (κ2) is 7.31. The van der Waals surface area contributed by atoms with Gasteiger partial charge in [0.15, 0.2) is 0 Å². The SMILES string of the molecule is Cc1nn(Cc2ccccc2Cl)c(C)c1C(=O)N[C@@H](C)[C@H]1C[C@H]2CC[C@H]1C2. The van der Waals surface area contributed by atoms with Gasteiger partial charge in [-0.2, -0.15) is 5.10 Å². The van der Waals surface area contributed by atoms with Gasteiger partial charge in [-0.3, -0.25) is 9.48 Å². The largest absolute Gasteiger partial charge is 0.349 e. The fourth-order valence-corrected chi connectivity index (χ4v) is 5.46. The van der Waals surface area contributed by atoms with Crippen molar-refractivity contribution in [1.82, 2.24) is 15.1 Å². The number of aryl methyl sites for hydroxylation is 1. The van der Waals surface area contributed by atoms with Crippen LogP contribution in [0, 0.1) is 31.6 Å². The molecule has 4 rings (SSSR count). The van der Waals surface area contributed by atoms with Crippen LogP contribution in [0.2, 0.25) is 5.02 Å². The molecule has 0 aliphatic heterocycles. The third-order valence-electron chi connectivity index (χ3n) is 6.68. The van der Waals surface area contributed by atoms with E-state index in [0.29, 0.717) is 18.0 Å². The number of aromatic nitrogens is 2. The molecular weight excluding hydrogens is 358 g/mol. The number of hydrogen-bond acceptors (Lipinski definition) is 2. The van der Waals surface area contributed by atoms with E-state index in [-0.39, 0.29) is 11.9 Å². The Kier molecular flexibility index (Phi) is 5.02. The van der Waals surface area contributed by atoms with Crippen molar-refractivity contribution in [2.24, 2.45) is 17.8 Å². The van der Waals surface area contributed by atoms with Crippen LogP contribution in [0.25, 0.3) is 0 Å². The van der Waals surface area contributed by atoms with E-state index in [1.165, 1.54) is 25.7 Å². The Morgan fingerprint density at radius 2 is 2.07 bits per heavy atom. The molecule has 1 heterocycles. The van der Waals surface area contributed by atoms with Crippen LogP contribution in [0.15, 0.2) is 24.3 Å². The van der Waals surface area contributed by atoms with Crippen molar-refractivity contribution in [1.29, 1.82) is 0 Å². The molecule has 1 N–H and O–H groups in total. The fourth-order valence-electron chi connectivity index (χ4n) is 5.26. The lowest BCUT2D eigenvalue weighted by atomic mass is 9.84. The van der Waals surface area contributed by atoms with Crippen LogP contribution in [0.5, 0.6) is 0 Å². The van der Waals surface area contributed by atoms with E-state index >= 15 is 0 Å². The summed E-state index contributed by atoms with van der Waals surface area (Å²) in [5.74, 6) is 2.33. The summed E-state index contributed by atoms with van der Waals surface area (Å²) in [4.78, 5) is 13.0. The number of carbonyl (C=O) groups is 1. The third-order valence-corrected chi connectivity index (χ3v) is 7.05. The number of benzene rings is 1. The molecule has 4 nitrogen and oxygen atoms in total. The van der Waals surface area contributed by atoms with Crippen LogP contribution in [-0.4, -0.2) is 21.7 Å². The van der Waals surface area contributed by atoms with Gasteiger partial charge in [-0.1, -0.05) is 36.2 Å². The summed E-state index contributed by atoms with van der Waals surface area (Å²) >= 11 is 6.29. The second-order valence-electron chi connectivity index (χ2n) is 8.40. The standard InChI is InChI=1S/C22H28ClN3O/c1-13(19-11-16-8-9-17(19)10-16)24-22(27)21-14(2)25-26(15(21)3)12-18-6-4-5-7-20(18)23/h4-7,13,16-17,19H,8-12H2,1-3H3,(H,24,27)/t13-,16-,17-,19+/m0/s1. The van der Waals surface area contributed by atoms with Gasteiger partial charge in [-0.15, -0.1) is 0 Å². The highest BCUT2D eigenvalue weighted by molar-refractivity contribution is 6.31. The van der Waals surface area contributed by atoms with Crippen LogP contribution in [0.4, 0.5) is 0 Å². The zero-order valence-corrected chi connectivity index (χ0v) is 17.1. The van der Waals surface area contributed by atoms with E-state index in [9.17, 15) is 4.79 Å². The molecule has 4 atom stereocenters. The molecule has 1 aromatic heterocycles. The molecule has 2 aliphatic rings. The lowest BCUT2D eigenvalue weighted by Crippen LogP contribution is -2.40. The van der Waals surface area contributed by atoms with Crippen molar-refractivity contribution >= 4 is 17.5 Å². The molecule has 2 fully saturated rings. The van der Waals surface area contributed by atoms with Gasteiger partial charge < -0.3 is 5.32 Å². The molecule has 1 aromatic carbocycles. The molecule has 0 saturated heterocycles. The number of carbonyl (C=O) groups excluding carboxylic acids is 1. The van der Waals surface area contributed by atoms with Crippen molar-refractivity contribution in [3.63, 3.8) is 0 Å². The summed E-state index contributed by atoms with van der Waals surface area (Å²) < 4.78 is 1.88. The molecule has 1 amide bonds. The minimum absolute atomic E-state index is 0.00526. The number of hydrogen-bond donors (Lipinski definition) is 1. The molecule has 0 spiro atoms. The highest BCUT2D eigenvalue weighted by Gasteiger charge is 2.42. The Hall–Kier alpha value is -1.81. The van der Waals surface area contributed by atoms with Crippen LogP contribution >= 0.6 is 11.6 Å². The van der Waals surface area contributed by atoms with E-state index in [1.54, 1.807) is 0 Å². The van der Waals surface area contributed by atoms with Crippen LogP contribution < -0.4 is 5.32 Å². The van der Waals surface area contributed by atoms with Crippen molar-refractivity contribution in [3.05, 3.63) is 51.8 Å². The number of halogens is 1. The van der Waals surface area contributed by atoms with Gasteiger partial charge in [0.2, 0.25) is 0 Å². The molecule has 0 radical (unpaired) electrons. The van der Waals surface area contributed by atoms with Gasteiger partial charge in [0.1, 0.15) is 0 Å². The zero-order chi connectivity index (χ0) is 19.1. The van der Waals surface area contributed by atoms with Gasteiger partial charge in [-0.05, 0) is 69.4 Å². The molecule has 27 heavy (non-hydrogen) atoms. The molecule has 2 saturated carbocycles. The second-order valence-corrected chi connectivity index (χ2v) is 8.80. The monoisotopic (exact) mass is 385 g/mol. The maximum atomic E-state index is 13.0. The Balaban J connectivity index is 1.49. The summed E-state index contributed by atoms with van der Waals surface area (Å²) in [6.07, 6.45) is 5.35. The molecular formula is C22H28ClN3O. The molecule has 2 aromatic rings. The quantitative estimate of drug-likeness (QED) is 0.806. The molecule has 144 valence electrons. The summed E-state index contributed by atoms with van der Waals surface area (Å²) in [5, 5.41) is 8.61. The highest BCUT2D eigenvalue weighted by Crippen LogP contribution is 2.49. The topological polar surface area (TPSA) is 46.9 Å². The van der Waals surface area contributed by atoms with Crippen LogP contribution in [-0.2, 0) is 6.54 Å². The first-order chi connectivity index (χ1) is 12.9. The molecule has 0 unspecified atom stereocenters. The van der Waals surface area contributed by atoms with Crippen LogP contribution in [0.1, 0.15) is 59.9 Å². The highest BCUT2D eigenvalue weighted by atomic mass is 35.5. The minimum Gasteiger partial charge on any atom is -0.349 e. The Morgan fingerprint density at radius 3 is 2.74 bits per heavy atom. The van der Waals surface area contributed by atoms with Crippen molar-refractivity contribution < 1.29 is 4.79 Å². The molecule has 2 aliphatic carbocycles. The average molecular weight is 386 g/mol. The van der Waals surface area contributed by atoms with Gasteiger partial charge in [0.25, 0.3) is 5.91 Å². The minimum atomic E-state index is 0.00526. The molecule has 2 bridgehead atoms. The number of rotatable bonds is 5. The number of amides is 1. The average Bonchev–Trinajstić information content (AvgIpc) is 3.32. The van der Waals surface area contributed by atoms with E-state index in [2.05, 4.69) is 17.3 Å². The maximum Gasteiger partial charge on any atom is 0.255 e. The first-order valence-corrected chi connectivity index (χ1v) is 10.4. The number of fused-ring (bicyclic) bond motifs is 2. The van der Waals surface area contributed by atoms with E-state index in [4.69, 9.17) is 11.6 Å². The lowest BCUT2D eigenvalue weighted by Gasteiger charge is -2.28. The van der Waals surface area contributed by atoms with Crippen LogP contribution in [0.3, 0.4) is 0 Å². The summed E-state index contributed by atoms with van der Waals surface area (Å²) in [6.45, 7) is 6.62. The number of nitrogens with one attached hydrogen (secondary N) is 1. The first kappa shape index (κ1) is 18.5. The Bertz CT molecular complexity index is 859. The first-order valence-electron chi connectivity index (χ1n) is 10.0.